The summed E-state index contributed by atoms with van der Waals surface area (Å²) in [6, 6.07) is 0.240. The molecule has 1 N–H and O–H groups in total. The first-order chi connectivity index (χ1) is 12.6. The molecule has 0 aromatic carbocycles. The zero-order valence-corrected chi connectivity index (χ0v) is 18.0. The van der Waals surface area contributed by atoms with Gasteiger partial charge in [0.25, 0.3) is 0 Å². The van der Waals surface area contributed by atoms with Crippen LogP contribution in [-0.4, -0.2) is 40.7 Å². The van der Waals surface area contributed by atoms with Crippen molar-refractivity contribution in [2.24, 2.45) is 5.92 Å². The molecular weight excluding hydrogens is 362 g/mol. The molecule has 27 heavy (non-hydrogen) atoms. The second-order valence-electron chi connectivity index (χ2n) is 8.28. The molecule has 0 spiro atoms. The fourth-order valence-corrected chi connectivity index (χ4v) is 4.11. The van der Waals surface area contributed by atoms with Crippen LogP contribution in [0.2, 0.25) is 0 Å². The molecule has 0 unspecified atom stereocenters. The zero-order chi connectivity index (χ0) is 20.2. The summed E-state index contributed by atoms with van der Waals surface area (Å²) in [5.74, 6) is 0.872. The molecule has 150 valence electrons. The molecule has 0 bridgehead atoms. The van der Waals surface area contributed by atoms with Crippen LogP contribution in [0.4, 0.5) is 0 Å². The Hall–Kier alpha value is -1.63. The minimum Gasteiger partial charge on any atom is -0.465 e. The number of carbonyl (C=O) groups excluding carboxylic acids is 2. The van der Waals surface area contributed by atoms with Crippen LogP contribution >= 0.6 is 11.8 Å². The number of aryl methyl sites for hydroxylation is 1. The summed E-state index contributed by atoms with van der Waals surface area (Å²) in [5, 5.41) is 3.65. The first-order valence-electron chi connectivity index (χ1n) is 9.53. The van der Waals surface area contributed by atoms with Crippen molar-refractivity contribution in [2.75, 3.05) is 12.9 Å². The quantitative estimate of drug-likeness (QED) is 0.467. The van der Waals surface area contributed by atoms with Gasteiger partial charge in [-0.05, 0) is 25.7 Å². The average Bonchev–Trinajstić information content (AvgIpc) is 2.60. The number of aromatic nitrogens is 2. The van der Waals surface area contributed by atoms with Crippen LogP contribution in [0.25, 0.3) is 0 Å². The fourth-order valence-electron chi connectivity index (χ4n) is 3.24. The van der Waals surface area contributed by atoms with Gasteiger partial charge in [0.15, 0.2) is 0 Å². The van der Waals surface area contributed by atoms with Crippen LogP contribution in [0.5, 0.6) is 0 Å². The van der Waals surface area contributed by atoms with E-state index in [1.165, 1.54) is 25.3 Å². The van der Waals surface area contributed by atoms with Gasteiger partial charge in [-0.15, -0.1) is 0 Å². The van der Waals surface area contributed by atoms with E-state index in [4.69, 9.17) is 4.74 Å². The summed E-state index contributed by atoms with van der Waals surface area (Å²) in [7, 11) is 1.34. The number of rotatable bonds is 5. The highest BCUT2D eigenvalue weighted by Crippen LogP contribution is 2.28. The second-order valence-corrected chi connectivity index (χ2v) is 9.24. The Morgan fingerprint density at radius 3 is 2.48 bits per heavy atom. The molecule has 1 aliphatic carbocycles. The lowest BCUT2D eigenvalue weighted by Gasteiger charge is -2.29. The molecule has 0 radical (unpaired) electrons. The standard InChI is InChI=1S/C20H31N3O3S/c1-12-9-7-8-10-14(12)22-15(24)11-27-17-16(18(25)26-6)13(2)21-19(23-17)20(3,4)5/h12,14H,7-11H2,1-6H3,(H,22,24)/t12-,14+/m1/s1. The monoisotopic (exact) mass is 393 g/mol. The van der Waals surface area contributed by atoms with Crippen LogP contribution < -0.4 is 5.32 Å². The van der Waals surface area contributed by atoms with E-state index in [2.05, 4.69) is 22.2 Å². The lowest BCUT2D eigenvalue weighted by molar-refractivity contribution is -0.119. The Bertz CT molecular complexity index is 700. The largest absolute Gasteiger partial charge is 0.465 e. The van der Waals surface area contributed by atoms with Crippen molar-refractivity contribution in [2.45, 2.75) is 76.8 Å². The number of ether oxygens (including phenoxy) is 1. The number of nitrogens with one attached hydrogen (secondary N) is 1. The van der Waals surface area contributed by atoms with Crippen molar-refractivity contribution in [3.05, 3.63) is 17.1 Å². The van der Waals surface area contributed by atoms with E-state index in [9.17, 15) is 9.59 Å². The zero-order valence-electron chi connectivity index (χ0n) is 17.2. The molecule has 1 aliphatic rings. The topological polar surface area (TPSA) is 81.2 Å². The Morgan fingerprint density at radius 2 is 1.89 bits per heavy atom. The van der Waals surface area contributed by atoms with E-state index in [1.54, 1.807) is 6.92 Å². The summed E-state index contributed by atoms with van der Waals surface area (Å²) >= 11 is 1.27. The lowest BCUT2D eigenvalue weighted by Crippen LogP contribution is -2.41. The molecule has 1 amide bonds. The van der Waals surface area contributed by atoms with Gasteiger partial charge >= 0.3 is 5.97 Å². The first kappa shape index (κ1) is 21.7. The van der Waals surface area contributed by atoms with Crippen LogP contribution in [0.3, 0.4) is 0 Å². The molecule has 1 heterocycles. The Balaban J connectivity index is 2.16. The number of esters is 1. The van der Waals surface area contributed by atoms with E-state index >= 15 is 0 Å². The highest BCUT2D eigenvalue weighted by atomic mass is 32.2. The molecule has 1 aromatic rings. The fraction of sp³-hybridized carbons (Fsp3) is 0.700. The van der Waals surface area contributed by atoms with Crippen molar-refractivity contribution < 1.29 is 14.3 Å². The summed E-state index contributed by atoms with van der Waals surface area (Å²) in [5.41, 5.74) is 0.661. The third kappa shape index (κ3) is 5.67. The number of nitrogens with zero attached hydrogens (tertiary/aromatic N) is 2. The average molecular weight is 394 g/mol. The van der Waals surface area contributed by atoms with Gasteiger partial charge in [0.05, 0.1) is 18.6 Å². The van der Waals surface area contributed by atoms with Gasteiger partial charge < -0.3 is 10.1 Å². The molecule has 2 rings (SSSR count). The number of hydrogen-bond acceptors (Lipinski definition) is 6. The molecule has 1 aromatic heterocycles. The minimum absolute atomic E-state index is 0.0249. The Labute approximate surface area is 166 Å². The third-order valence-corrected chi connectivity index (χ3v) is 5.89. The summed E-state index contributed by atoms with van der Waals surface area (Å²) in [6.07, 6.45) is 4.59. The predicted octanol–water partition coefficient (Wildman–Crippen LogP) is 3.66. The molecule has 6 nitrogen and oxygen atoms in total. The van der Waals surface area contributed by atoms with E-state index in [0.717, 1.165) is 19.3 Å². The van der Waals surface area contributed by atoms with Gasteiger partial charge in [0.2, 0.25) is 5.91 Å². The van der Waals surface area contributed by atoms with Crippen LogP contribution in [0.1, 0.15) is 75.3 Å². The first-order valence-corrected chi connectivity index (χ1v) is 10.5. The predicted molar refractivity (Wildman–Crippen MR) is 107 cm³/mol. The maximum absolute atomic E-state index is 12.5. The molecule has 1 fully saturated rings. The molecule has 1 saturated carbocycles. The molecule has 0 aliphatic heterocycles. The summed E-state index contributed by atoms with van der Waals surface area (Å²) in [4.78, 5) is 33.7. The van der Waals surface area contributed by atoms with Crippen molar-refractivity contribution in [1.29, 1.82) is 0 Å². The number of carbonyl (C=O) groups is 2. The second kappa shape index (κ2) is 9.04. The van der Waals surface area contributed by atoms with Gasteiger partial charge in [-0.25, -0.2) is 14.8 Å². The van der Waals surface area contributed by atoms with Gasteiger partial charge in [0, 0.05) is 11.5 Å². The maximum Gasteiger partial charge on any atom is 0.342 e. The number of hydrogen-bond donors (Lipinski definition) is 1. The Kier molecular flexibility index (Phi) is 7.25. The normalized spacial score (nSPS) is 20.2. The highest BCUT2D eigenvalue weighted by molar-refractivity contribution is 8.00. The maximum atomic E-state index is 12.5. The van der Waals surface area contributed by atoms with Gasteiger partial charge in [0.1, 0.15) is 16.4 Å². The van der Waals surface area contributed by atoms with Gasteiger partial charge in [-0.3, -0.25) is 4.79 Å². The van der Waals surface area contributed by atoms with E-state index in [-0.39, 0.29) is 23.1 Å². The lowest BCUT2D eigenvalue weighted by atomic mass is 9.86. The number of thioether (sulfide) groups is 1. The van der Waals surface area contributed by atoms with Crippen LogP contribution in [-0.2, 0) is 14.9 Å². The third-order valence-electron chi connectivity index (χ3n) is 4.91. The molecule has 2 atom stereocenters. The number of methoxy groups -OCH3 is 1. The summed E-state index contributed by atoms with van der Waals surface area (Å²) < 4.78 is 4.89. The Morgan fingerprint density at radius 1 is 1.22 bits per heavy atom. The van der Waals surface area contributed by atoms with E-state index < -0.39 is 5.97 Å². The van der Waals surface area contributed by atoms with Crippen molar-refractivity contribution in [3.8, 4) is 0 Å². The van der Waals surface area contributed by atoms with Crippen molar-refractivity contribution in [3.63, 3.8) is 0 Å². The van der Waals surface area contributed by atoms with Crippen LogP contribution in [0, 0.1) is 12.8 Å². The van der Waals surface area contributed by atoms with Crippen molar-refractivity contribution in [1.82, 2.24) is 15.3 Å². The molecule has 7 heteroatoms. The highest BCUT2D eigenvalue weighted by Gasteiger charge is 2.26. The minimum atomic E-state index is -0.475. The summed E-state index contributed by atoms with van der Waals surface area (Å²) in [6.45, 7) is 10.0. The SMILES string of the molecule is COC(=O)c1c(C)nc(C(C)(C)C)nc1SCC(=O)N[C@H]1CCCC[C@H]1C. The van der Waals surface area contributed by atoms with Crippen LogP contribution in [0.15, 0.2) is 5.03 Å². The molecular formula is C20H31N3O3S. The van der Waals surface area contributed by atoms with E-state index in [0.29, 0.717) is 28.0 Å². The number of amides is 1. The van der Waals surface area contributed by atoms with Gasteiger partial charge in [-0.1, -0.05) is 52.3 Å². The smallest absolute Gasteiger partial charge is 0.342 e. The van der Waals surface area contributed by atoms with Crippen molar-refractivity contribution >= 4 is 23.6 Å². The molecule has 0 saturated heterocycles. The van der Waals surface area contributed by atoms with Gasteiger partial charge in [-0.2, -0.15) is 0 Å². The van der Waals surface area contributed by atoms with E-state index in [1.807, 2.05) is 20.8 Å².